The molecule has 7 nitrogen and oxygen atoms in total. The van der Waals surface area contributed by atoms with Crippen LogP contribution in [0.2, 0.25) is 0 Å². The van der Waals surface area contributed by atoms with Gasteiger partial charge in [-0.25, -0.2) is 4.79 Å². The summed E-state index contributed by atoms with van der Waals surface area (Å²) in [5.41, 5.74) is 11.6. The number of ether oxygens (including phenoxy) is 1. The molecule has 1 fully saturated rings. The number of benzene rings is 2. The minimum absolute atomic E-state index is 0.196. The summed E-state index contributed by atoms with van der Waals surface area (Å²) in [4.78, 5) is 42.5. The molecule has 0 saturated carbocycles. The van der Waals surface area contributed by atoms with Crippen LogP contribution in [-0.2, 0) is 22.4 Å². The number of hydrogen-bond donors (Lipinski definition) is 1. The number of aldehydes is 1. The van der Waals surface area contributed by atoms with Gasteiger partial charge in [0.05, 0.1) is 12.1 Å². The second-order valence-corrected chi connectivity index (χ2v) is 8.57. The number of pyridine rings is 1. The molecule has 5 rings (SSSR count). The Balaban J connectivity index is 1.65. The first kappa shape index (κ1) is 21.1. The molecule has 0 radical (unpaired) electrons. The average Bonchev–Trinajstić information content (AvgIpc) is 3.26. The topological polar surface area (TPSA) is 103 Å². The Hall–Kier alpha value is -3.74. The first-order chi connectivity index (χ1) is 16.1. The fourth-order valence-electron chi connectivity index (χ4n) is 5.01. The second kappa shape index (κ2) is 8.65. The van der Waals surface area contributed by atoms with Crippen LogP contribution in [-0.4, -0.2) is 36.4 Å². The van der Waals surface area contributed by atoms with Gasteiger partial charge in [-0.2, -0.15) is 0 Å². The zero-order valence-electron chi connectivity index (χ0n) is 18.3. The number of primary amides is 1. The van der Waals surface area contributed by atoms with Crippen molar-refractivity contribution in [2.75, 3.05) is 18.1 Å². The summed E-state index contributed by atoms with van der Waals surface area (Å²) in [5.74, 6) is -0.895. The maximum Gasteiger partial charge on any atom is 0.414 e. The van der Waals surface area contributed by atoms with Crippen LogP contribution in [0.3, 0.4) is 0 Å². The van der Waals surface area contributed by atoms with Gasteiger partial charge in [0.2, 0.25) is 5.91 Å². The van der Waals surface area contributed by atoms with E-state index in [1.807, 2.05) is 30.3 Å². The molecule has 1 saturated heterocycles. The molecule has 1 aliphatic heterocycles. The quantitative estimate of drug-likeness (QED) is 0.582. The molecule has 2 heterocycles. The zero-order chi connectivity index (χ0) is 22.9. The molecule has 168 valence electrons. The van der Waals surface area contributed by atoms with Crippen LogP contribution >= 0.6 is 0 Å². The normalized spacial score (nSPS) is 16.4. The third-order valence-corrected chi connectivity index (χ3v) is 6.63. The van der Waals surface area contributed by atoms with E-state index in [2.05, 4.69) is 6.07 Å². The SMILES string of the molecule is NC(=O)c1ccc2nc3c(cc2c1[C@H](CC=O)c1ccc(N2CCOC2=O)cc1)CCCC3. The Bertz CT molecular complexity index is 1250. The van der Waals surface area contributed by atoms with Gasteiger partial charge in [0, 0.05) is 34.7 Å². The minimum Gasteiger partial charge on any atom is -0.447 e. The van der Waals surface area contributed by atoms with Gasteiger partial charge in [0.25, 0.3) is 0 Å². The van der Waals surface area contributed by atoms with E-state index in [-0.39, 0.29) is 18.4 Å². The molecule has 2 aliphatic rings. The molecule has 1 aromatic heterocycles. The van der Waals surface area contributed by atoms with Crippen LogP contribution in [0.4, 0.5) is 10.5 Å². The number of fused-ring (bicyclic) bond motifs is 2. The van der Waals surface area contributed by atoms with E-state index in [4.69, 9.17) is 15.5 Å². The van der Waals surface area contributed by atoms with E-state index in [9.17, 15) is 14.4 Å². The van der Waals surface area contributed by atoms with Gasteiger partial charge in [-0.05, 0) is 72.7 Å². The molecule has 7 heteroatoms. The van der Waals surface area contributed by atoms with E-state index in [1.54, 1.807) is 11.0 Å². The number of cyclic esters (lactones) is 1. The van der Waals surface area contributed by atoms with E-state index in [0.29, 0.717) is 18.7 Å². The average molecular weight is 444 g/mol. The third-order valence-electron chi connectivity index (χ3n) is 6.63. The minimum atomic E-state index is -0.531. The standard InChI is InChI=1S/C26H25N3O4/c27-25(31)20-9-10-23-21(15-17-3-1-2-4-22(17)28-23)24(20)19(11-13-30)16-5-7-18(8-6-16)29-12-14-33-26(29)32/h5-10,13,15,19H,1-4,11-12,14H2,(H2,27,31)/t19-/m1/s1. The Morgan fingerprint density at radius 2 is 1.94 bits per heavy atom. The molecule has 0 spiro atoms. The predicted octanol–water partition coefficient (Wildman–Crippen LogP) is 3.89. The lowest BCUT2D eigenvalue weighted by Gasteiger charge is -2.23. The summed E-state index contributed by atoms with van der Waals surface area (Å²) in [5, 5.41) is 0.867. The van der Waals surface area contributed by atoms with Crippen LogP contribution < -0.4 is 10.6 Å². The molecule has 2 N–H and O–H groups in total. The van der Waals surface area contributed by atoms with Gasteiger partial charge in [-0.15, -0.1) is 0 Å². The largest absolute Gasteiger partial charge is 0.447 e. The summed E-state index contributed by atoms with van der Waals surface area (Å²) < 4.78 is 5.02. The van der Waals surface area contributed by atoms with Crippen molar-refractivity contribution in [2.45, 2.75) is 38.0 Å². The van der Waals surface area contributed by atoms with Gasteiger partial charge < -0.3 is 15.3 Å². The van der Waals surface area contributed by atoms with Crippen molar-refractivity contribution < 1.29 is 19.1 Å². The number of carbonyl (C=O) groups is 3. The Kier molecular flexibility index (Phi) is 5.54. The van der Waals surface area contributed by atoms with Gasteiger partial charge in [-0.3, -0.25) is 14.7 Å². The fraction of sp³-hybridized carbons (Fsp3) is 0.308. The van der Waals surface area contributed by atoms with E-state index in [0.717, 1.165) is 65.4 Å². The number of rotatable bonds is 6. The van der Waals surface area contributed by atoms with Crippen LogP contribution in [0.15, 0.2) is 42.5 Å². The summed E-state index contributed by atoms with van der Waals surface area (Å²) in [6.45, 7) is 0.867. The highest BCUT2D eigenvalue weighted by atomic mass is 16.6. The highest BCUT2D eigenvalue weighted by Crippen LogP contribution is 2.37. The Morgan fingerprint density at radius 1 is 1.15 bits per heavy atom. The third kappa shape index (κ3) is 3.84. The van der Waals surface area contributed by atoms with Crippen molar-refractivity contribution in [3.63, 3.8) is 0 Å². The lowest BCUT2D eigenvalue weighted by Crippen LogP contribution is -2.23. The smallest absolute Gasteiger partial charge is 0.414 e. The zero-order valence-corrected chi connectivity index (χ0v) is 18.3. The number of aromatic nitrogens is 1. The first-order valence-electron chi connectivity index (χ1n) is 11.3. The van der Waals surface area contributed by atoms with E-state index < -0.39 is 5.91 Å². The number of amides is 2. The number of carbonyl (C=O) groups excluding carboxylic acids is 3. The molecular weight excluding hydrogens is 418 g/mol. The Labute approximate surface area is 191 Å². The van der Waals surface area contributed by atoms with Gasteiger partial charge >= 0.3 is 6.09 Å². The second-order valence-electron chi connectivity index (χ2n) is 8.57. The van der Waals surface area contributed by atoms with Crippen molar-refractivity contribution in [1.29, 1.82) is 0 Å². The molecule has 2 amide bonds. The number of nitrogens with zero attached hydrogens (tertiary/aromatic N) is 2. The van der Waals surface area contributed by atoms with E-state index in [1.165, 1.54) is 5.56 Å². The van der Waals surface area contributed by atoms with Crippen LogP contribution in [0.1, 0.15) is 57.9 Å². The number of nitrogens with two attached hydrogens (primary N) is 1. The van der Waals surface area contributed by atoms with Gasteiger partial charge in [0.1, 0.15) is 12.9 Å². The van der Waals surface area contributed by atoms with Gasteiger partial charge in [-0.1, -0.05) is 12.1 Å². The number of hydrogen-bond acceptors (Lipinski definition) is 5. The highest BCUT2D eigenvalue weighted by molar-refractivity contribution is 6.01. The van der Waals surface area contributed by atoms with Crippen molar-refractivity contribution in [1.82, 2.24) is 4.98 Å². The molecule has 0 unspecified atom stereocenters. The Morgan fingerprint density at radius 3 is 2.64 bits per heavy atom. The molecular formula is C26H25N3O4. The summed E-state index contributed by atoms with van der Waals surface area (Å²) in [6.07, 6.45) is 4.85. The lowest BCUT2D eigenvalue weighted by atomic mass is 9.82. The van der Waals surface area contributed by atoms with Crippen molar-refractivity contribution >= 4 is 34.9 Å². The summed E-state index contributed by atoms with van der Waals surface area (Å²) >= 11 is 0. The first-order valence-corrected chi connectivity index (χ1v) is 11.3. The highest BCUT2D eigenvalue weighted by Gasteiger charge is 2.26. The molecule has 1 atom stereocenters. The van der Waals surface area contributed by atoms with Crippen molar-refractivity contribution in [3.8, 4) is 0 Å². The molecule has 33 heavy (non-hydrogen) atoms. The van der Waals surface area contributed by atoms with Crippen molar-refractivity contribution in [3.05, 3.63) is 70.4 Å². The maximum atomic E-state index is 12.4. The van der Waals surface area contributed by atoms with Gasteiger partial charge in [0.15, 0.2) is 0 Å². The molecule has 0 bridgehead atoms. The number of anilines is 1. The van der Waals surface area contributed by atoms with Crippen LogP contribution in [0, 0.1) is 0 Å². The maximum absolute atomic E-state index is 12.4. The summed E-state index contributed by atoms with van der Waals surface area (Å²) in [7, 11) is 0. The fourth-order valence-corrected chi connectivity index (χ4v) is 5.01. The van der Waals surface area contributed by atoms with E-state index >= 15 is 0 Å². The molecule has 3 aromatic rings. The van der Waals surface area contributed by atoms with Crippen molar-refractivity contribution in [2.24, 2.45) is 5.73 Å². The van der Waals surface area contributed by atoms with Crippen LogP contribution in [0.25, 0.3) is 10.9 Å². The number of aryl methyl sites for hydroxylation is 2. The molecule has 2 aromatic carbocycles. The van der Waals surface area contributed by atoms with Crippen LogP contribution in [0.5, 0.6) is 0 Å². The lowest BCUT2D eigenvalue weighted by molar-refractivity contribution is -0.108. The summed E-state index contributed by atoms with van der Waals surface area (Å²) in [6, 6.07) is 13.2. The predicted molar refractivity (Wildman–Crippen MR) is 125 cm³/mol. The monoisotopic (exact) mass is 443 g/mol. The molecule has 1 aliphatic carbocycles.